The molecule has 0 saturated carbocycles. The van der Waals surface area contributed by atoms with Crippen LogP contribution >= 0.6 is 15.9 Å². The molecular weight excluding hydrogens is 320 g/mol. The molecule has 0 saturated heterocycles. The van der Waals surface area contributed by atoms with Crippen LogP contribution in [0.5, 0.6) is 0 Å². The number of rotatable bonds is 7. The number of nitrogens with one attached hydrogen (secondary N) is 2. The highest BCUT2D eigenvalue weighted by Crippen LogP contribution is 2.15. The summed E-state index contributed by atoms with van der Waals surface area (Å²) in [6.07, 6.45) is -0.0114. The van der Waals surface area contributed by atoms with Crippen molar-refractivity contribution in [3.8, 4) is 0 Å². The molecule has 0 bridgehead atoms. The normalized spacial score (nSPS) is 14.1. The molecule has 4 nitrogen and oxygen atoms in total. The van der Waals surface area contributed by atoms with Crippen molar-refractivity contribution in [1.29, 1.82) is 0 Å². The molecule has 0 radical (unpaired) electrons. The lowest BCUT2D eigenvalue weighted by atomic mass is 10.1. The maximum atomic E-state index is 11.9. The van der Waals surface area contributed by atoms with Crippen LogP contribution in [-0.4, -0.2) is 29.7 Å². The minimum Gasteiger partial charge on any atom is -0.392 e. The molecule has 0 aliphatic carbocycles. The first kappa shape index (κ1) is 17.1. The summed E-state index contributed by atoms with van der Waals surface area (Å²) in [4.78, 5) is 11.9. The highest BCUT2D eigenvalue weighted by Gasteiger charge is 2.13. The minimum absolute atomic E-state index is 0.0237. The largest absolute Gasteiger partial charge is 0.392 e. The second-order valence-corrected chi connectivity index (χ2v) is 6.30. The zero-order valence-electron chi connectivity index (χ0n) is 12.2. The van der Waals surface area contributed by atoms with Crippen molar-refractivity contribution in [1.82, 2.24) is 5.32 Å². The molecule has 0 aliphatic heterocycles. The fraction of sp³-hybridized carbons (Fsp3) is 0.533. The number of hydrogen-bond donors (Lipinski definition) is 3. The van der Waals surface area contributed by atoms with E-state index < -0.39 is 0 Å². The Balaban J connectivity index is 2.35. The number of amides is 1. The van der Waals surface area contributed by atoms with Gasteiger partial charge < -0.3 is 15.7 Å². The number of anilines is 1. The van der Waals surface area contributed by atoms with E-state index in [0.717, 1.165) is 10.2 Å². The molecule has 3 N–H and O–H groups in total. The maximum absolute atomic E-state index is 11.9. The van der Waals surface area contributed by atoms with Crippen molar-refractivity contribution in [3.63, 3.8) is 0 Å². The van der Waals surface area contributed by atoms with Gasteiger partial charge in [-0.2, -0.15) is 0 Å². The average Bonchev–Trinajstić information content (AvgIpc) is 2.35. The van der Waals surface area contributed by atoms with Crippen molar-refractivity contribution in [2.45, 2.75) is 39.3 Å². The van der Waals surface area contributed by atoms with Crippen molar-refractivity contribution >= 4 is 27.5 Å². The van der Waals surface area contributed by atoms with Crippen molar-refractivity contribution in [2.75, 3.05) is 11.9 Å². The molecule has 0 fully saturated rings. The number of carbonyl (C=O) groups excluding carboxylic acids is 1. The molecule has 0 heterocycles. The molecule has 2 atom stereocenters. The third-order valence-electron chi connectivity index (χ3n) is 3.04. The summed E-state index contributed by atoms with van der Waals surface area (Å²) < 4.78 is 0.932. The van der Waals surface area contributed by atoms with E-state index in [9.17, 15) is 9.90 Å². The van der Waals surface area contributed by atoms with Crippen LogP contribution in [0.3, 0.4) is 0 Å². The molecule has 5 heteroatoms. The predicted octanol–water partition coefficient (Wildman–Crippen LogP) is 2.77. The first-order chi connectivity index (χ1) is 9.38. The van der Waals surface area contributed by atoms with Crippen molar-refractivity contribution in [2.24, 2.45) is 5.92 Å². The van der Waals surface area contributed by atoms with Crippen LogP contribution in [-0.2, 0) is 4.79 Å². The Labute approximate surface area is 129 Å². The molecule has 1 aromatic rings. The summed E-state index contributed by atoms with van der Waals surface area (Å²) in [5.41, 5.74) is 0.777. The van der Waals surface area contributed by atoms with Gasteiger partial charge in [0.05, 0.1) is 6.10 Å². The molecule has 0 aliphatic rings. The van der Waals surface area contributed by atoms with Crippen molar-refractivity contribution in [3.05, 3.63) is 28.7 Å². The molecule has 0 spiro atoms. The third kappa shape index (κ3) is 6.50. The summed E-state index contributed by atoms with van der Waals surface area (Å²) in [7, 11) is 0. The first-order valence-corrected chi connectivity index (χ1v) is 7.64. The van der Waals surface area contributed by atoms with Gasteiger partial charge >= 0.3 is 0 Å². The van der Waals surface area contributed by atoms with E-state index in [-0.39, 0.29) is 24.0 Å². The topological polar surface area (TPSA) is 61.4 Å². The predicted molar refractivity (Wildman–Crippen MR) is 85.7 cm³/mol. The summed E-state index contributed by atoms with van der Waals surface area (Å²) >= 11 is 3.37. The summed E-state index contributed by atoms with van der Waals surface area (Å²) in [6, 6.07) is 7.52. The third-order valence-corrected chi connectivity index (χ3v) is 3.54. The molecule has 2 unspecified atom stereocenters. The SMILES string of the molecule is CC(CC(=O)Nc1cccc(Br)c1)NCC(O)C(C)C. The molecule has 0 aromatic heterocycles. The second kappa shape index (κ2) is 8.39. The molecule has 20 heavy (non-hydrogen) atoms. The van der Waals surface area contributed by atoms with E-state index in [0.29, 0.717) is 13.0 Å². The highest BCUT2D eigenvalue weighted by atomic mass is 79.9. The number of aliphatic hydroxyl groups excluding tert-OH is 1. The van der Waals surface area contributed by atoms with Crippen molar-refractivity contribution < 1.29 is 9.90 Å². The van der Waals surface area contributed by atoms with E-state index in [2.05, 4.69) is 26.6 Å². The molecule has 1 amide bonds. The Bertz CT molecular complexity index is 438. The fourth-order valence-electron chi connectivity index (χ4n) is 1.69. The molecule has 1 aromatic carbocycles. The van der Waals surface area contributed by atoms with Gasteiger partial charge in [0.15, 0.2) is 0 Å². The van der Waals surface area contributed by atoms with Crippen LogP contribution in [0.4, 0.5) is 5.69 Å². The number of aliphatic hydroxyl groups is 1. The monoisotopic (exact) mass is 342 g/mol. The van der Waals surface area contributed by atoms with E-state index in [1.807, 2.05) is 45.0 Å². The van der Waals surface area contributed by atoms with Gasteiger partial charge in [-0.25, -0.2) is 0 Å². The Morgan fingerprint density at radius 3 is 2.65 bits per heavy atom. The molecule has 1 rings (SSSR count). The first-order valence-electron chi connectivity index (χ1n) is 6.85. The van der Waals surface area contributed by atoms with Crippen LogP contribution in [0.25, 0.3) is 0 Å². The summed E-state index contributed by atoms with van der Waals surface area (Å²) in [5.74, 6) is 0.173. The number of carbonyl (C=O) groups is 1. The Hall–Kier alpha value is -0.910. The Kier molecular flexibility index (Phi) is 7.19. The van der Waals surface area contributed by atoms with Gasteiger partial charge in [-0.15, -0.1) is 0 Å². The zero-order valence-corrected chi connectivity index (χ0v) is 13.8. The zero-order chi connectivity index (χ0) is 15.1. The standard InChI is InChI=1S/C15H23BrN2O2/c1-10(2)14(19)9-17-11(3)7-15(20)18-13-6-4-5-12(16)8-13/h4-6,8,10-11,14,17,19H,7,9H2,1-3H3,(H,18,20). The smallest absolute Gasteiger partial charge is 0.225 e. The van der Waals surface area contributed by atoms with Gasteiger partial charge in [-0.3, -0.25) is 4.79 Å². The fourth-order valence-corrected chi connectivity index (χ4v) is 2.09. The second-order valence-electron chi connectivity index (χ2n) is 5.38. The van der Waals surface area contributed by atoms with Gasteiger partial charge in [0.2, 0.25) is 5.91 Å². The van der Waals surface area contributed by atoms with Crippen LogP contribution in [0, 0.1) is 5.92 Å². The lowest BCUT2D eigenvalue weighted by Crippen LogP contribution is -2.38. The summed E-state index contributed by atoms with van der Waals surface area (Å²) in [5, 5.41) is 15.7. The Morgan fingerprint density at radius 1 is 1.35 bits per heavy atom. The van der Waals surface area contributed by atoms with E-state index >= 15 is 0 Å². The van der Waals surface area contributed by atoms with Gasteiger partial charge in [0.25, 0.3) is 0 Å². The number of halogens is 1. The van der Waals surface area contributed by atoms with E-state index in [1.165, 1.54) is 0 Å². The lowest BCUT2D eigenvalue weighted by Gasteiger charge is -2.19. The molecular formula is C15H23BrN2O2. The van der Waals surface area contributed by atoms with Gasteiger partial charge in [-0.1, -0.05) is 35.8 Å². The molecule has 112 valence electrons. The summed E-state index contributed by atoms with van der Waals surface area (Å²) in [6.45, 7) is 6.38. The quantitative estimate of drug-likeness (QED) is 0.713. The Morgan fingerprint density at radius 2 is 2.05 bits per heavy atom. The number of benzene rings is 1. The number of hydrogen-bond acceptors (Lipinski definition) is 3. The van der Waals surface area contributed by atoms with Crippen LogP contribution < -0.4 is 10.6 Å². The minimum atomic E-state index is -0.384. The van der Waals surface area contributed by atoms with E-state index in [4.69, 9.17) is 0 Å². The lowest BCUT2D eigenvalue weighted by molar-refractivity contribution is -0.116. The average molecular weight is 343 g/mol. The highest BCUT2D eigenvalue weighted by molar-refractivity contribution is 9.10. The van der Waals surface area contributed by atoms with Gasteiger partial charge in [0, 0.05) is 29.2 Å². The van der Waals surface area contributed by atoms with Crippen LogP contribution in [0.1, 0.15) is 27.2 Å². The van der Waals surface area contributed by atoms with Crippen LogP contribution in [0.2, 0.25) is 0 Å². The van der Waals surface area contributed by atoms with E-state index in [1.54, 1.807) is 0 Å². The van der Waals surface area contributed by atoms with Crippen LogP contribution in [0.15, 0.2) is 28.7 Å². The maximum Gasteiger partial charge on any atom is 0.225 e. The van der Waals surface area contributed by atoms with Gasteiger partial charge in [0.1, 0.15) is 0 Å². The van der Waals surface area contributed by atoms with Gasteiger partial charge in [-0.05, 0) is 31.0 Å².